The van der Waals surface area contributed by atoms with Crippen molar-refractivity contribution in [1.29, 1.82) is 0 Å². The standard InChI is InChI=1S/C91H161NO18/c1-3-5-7-9-11-13-15-17-19-21-23-25-27-29-31-32-33-34-35-36-37-38-39-40-41-42-43-45-47-49-51-53-55-57-59-61-63-65-67-69-79(97)92-74(75(96)68-66-64-62-60-58-56-54-52-50-48-46-44-30-28-26-24-22-20-18-16-14-12-10-8-6-4-2)73-105-89-85(103)82(100)87(77(71-94)107-89)110-91-86(104)83(101)88(78(72-95)108-91)109-90-84(102)81(99)80(98)76(70-93)106-90/h5,7,11,13,17,19,23,25,29,31,33-34,58,60,66,68,74-78,80-91,93-96,98-104H,3-4,6,8-10,12,14-16,18,20-22,24,26-28,30,32,35-57,59,61-65,67,69-73H2,1-2H3,(H,92,97)/b7-5-,13-11-,19-17-,25-23-,31-29-,34-33-,60-58+,68-66+. The van der Waals surface area contributed by atoms with E-state index in [0.717, 1.165) is 77.0 Å². The first-order chi connectivity index (χ1) is 53.8. The van der Waals surface area contributed by atoms with Crippen molar-refractivity contribution >= 4 is 5.91 Å². The highest BCUT2D eigenvalue weighted by atomic mass is 16.8. The van der Waals surface area contributed by atoms with Crippen molar-refractivity contribution in [2.75, 3.05) is 26.4 Å². The second kappa shape index (κ2) is 70.0. The van der Waals surface area contributed by atoms with Gasteiger partial charge in [0.15, 0.2) is 18.9 Å². The van der Waals surface area contributed by atoms with Crippen molar-refractivity contribution in [1.82, 2.24) is 5.32 Å². The number of aliphatic hydroxyl groups excluding tert-OH is 11. The first kappa shape index (κ1) is 101. The zero-order valence-electron chi connectivity index (χ0n) is 68.7. The molecule has 0 aromatic heterocycles. The zero-order valence-corrected chi connectivity index (χ0v) is 68.7. The molecule has 3 aliphatic rings. The van der Waals surface area contributed by atoms with Crippen LogP contribution < -0.4 is 5.32 Å². The van der Waals surface area contributed by atoms with E-state index in [4.69, 9.17) is 28.4 Å². The Kier molecular flexibility index (Phi) is 64.2. The maximum atomic E-state index is 13.5. The number of amides is 1. The molecular formula is C91H161NO18. The summed E-state index contributed by atoms with van der Waals surface area (Å²) < 4.78 is 34.5. The molecule has 19 heteroatoms. The maximum absolute atomic E-state index is 13.5. The molecular weight excluding hydrogens is 1390 g/mol. The number of rotatable bonds is 71. The highest BCUT2D eigenvalue weighted by Crippen LogP contribution is 2.33. The Balaban J connectivity index is 1.32. The summed E-state index contributed by atoms with van der Waals surface area (Å²) in [5.41, 5.74) is 0. The fourth-order valence-electron chi connectivity index (χ4n) is 14.6. The Labute approximate surface area is 666 Å². The molecule has 1 amide bonds. The average molecular weight is 1560 g/mol. The molecule has 3 aliphatic heterocycles. The SMILES string of the molecule is CC/C=C\C/C=C\C/C=C\C/C=C\C/C=C\C/C=C\CCCCCCCCCCCCCCCCCCCCCCC(=O)NC(COC1OC(CO)C(OC2OC(CO)C(OC3OC(CO)C(O)C(O)C3O)C(O)C2O)C(O)C1O)C(O)/C=C/CC/C=C/CCCCCCCCCCCCCCCCCCCCCC. The molecule has 0 aromatic carbocycles. The quantitative estimate of drug-likeness (QED) is 0.0199. The number of nitrogens with one attached hydrogen (secondary N) is 1. The molecule has 19 nitrogen and oxygen atoms in total. The number of carbonyl (C=O) groups excluding carboxylic acids is 1. The Morgan fingerprint density at radius 2 is 0.636 bits per heavy atom. The lowest BCUT2D eigenvalue weighted by molar-refractivity contribution is -0.379. The highest BCUT2D eigenvalue weighted by molar-refractivity contribution is 5.76. The van der Waals surface area contributed by atoms with Gasteiger partial charge in [0.05, 0.1) is 38.6 Å². The maximum Gasteiger partial charge on any atom is 0.220 e. The van der Waals surface area contributed by atoms with Gasteiger partial charge in [-0.15, -0.1) is 0 Å². The van der Waals surface area contributed by atoms with Crippen molar-refractivity contribution < 1.29 is 89.4 Å². The van der Waals surface area contributed by atoms with Gasteiger partial charge in [0, 0.05) is 6.42 Å². The Bertz CT molecular complexity index is 2360. The molecule has 3 fully saturated rings. The molecule has 0 spiro atoms. The van der Waals surface area contributed by atoms with Crippen molar-refractivity contribution in [3.8, 4) is 0 Å². The third kappa shape index (κ3) is 48.3. The minimum Gasteiger partial charge on any atom is -0.394 e. The topological polar surface area (TPSA) is 307 Å². The van der Waals surface area contributed by atoms with Gasteiger partial charge in [0.2, 0.25) is 5.91 Å². The fourth-order valence-corrected chi connectivity index (χ4v) is 14.6. The molecule has 3 heterocycles. The van der Waals surface area contributed by atoms with Gasteiger partial charge in [-0.05, 0) is 83.5 Å². The summed E-state index contributed by atoms with van der Waals surface area (Å²) in [6, 6.07) is -0.995. The van der Waals surface area contributed by atoms with Crippen LogP contribution in [0.5, 0.6) is 0 Å². The van der Waals surface area contributed by atoms with Crippen LogP contribution in [0.4, 0.5) is 0 Å². The molecule has 0 aliphatic carbocycles. The fraction of sp³-hybridized carbons (Fsp3) is 0.813. The van der Waals surface area contributed by atoms with Gasteiger partial charge in [-0.25, -0.2) is 0 Å². The molecule has 3 rings (SSSR count). The van der Waals surface area contributed by atoms with Crippen LogP contribution in [-0.2, 0) is 33.2 Å². The Hall–Kier alpha value is -3.29. The van der Waals surface area contributed by atoms with E-state index in [9.17, 15) is 61.0 Å². The molecule has 0 saturated carbocycles. The number of aliphatic hydroxyl groups is 11. The van der Waals surface area contributed by atoms with Gasteiger partial charge in [-0.3, -0.25) is 4.79 Å². The summed E-state index contributed by atoms with van der Waals surface area (Å²) in [4.78, 5) is 13.5. The van der Waals surface area contributed by atoms with E-state index in [1.54, 1.807) is 6.08 Å². The third-order valence-electron chi connectivity index (χ3n) is 21.6. The second-order valence-electron chi connectivity index (χ2n) is 31.3. The van der Waals surface area contributed by atoms with Crippen molar-refractivity contribution in [3.05, 3.63) is 97.2 Å². The van der Waals surface area contributed by atoms with Gasteiger partial charge in [-0.2, -0.15) is 0 Å². The van der Waals surface area contributed by atoms with Gasteiger partial charge < -0.3 is 89.9 Å². The number of ether oxygens (including phenoxy) is 6. The van der Waals surface area contributed by atoms with Crippen LogP contribution in [0, 0.1) is 0 Å². The van der Waals surface area contributed by atoms with Crippen molar-refractivity contribution in [2.24, 2.45) is 0 Å². The lowest BCUT2D eigenvalue weighted by Gasteiger charge is -2.48. The number of unbranched alkanes of at least 4 members (excludes halogenated alkanes) is 41. The lowest BCUT2D eigenvalue weighted by atomic mass is 9.96. The van der Waals surface area contributed by atoms with Crippen LogP contribution in [-0.4, -0.2) is 193 Å². The van der Waals surface area contributed by atoms with Crippen molar-refractivity contribution in [3.63, 3.8) is 0 Å². The van der Waals surface area contributed by atoms with Crippen LogP contribution in [0.15, 0.2) is 97.2 Å². The van der Waals surface area contributed by atoms with E-state index in [-0.39, 0.29) is 18.9 Å². The highest BCUT2D eigenvalue weighted by Gasteiger charge is 2.54. The average Bonchev–Trinajstić information content (AvgIpc) is 0.780. The lowest BCUT2D eigenvalue weighted by Crippen LogP contribution is -2.66. The van der Waals surface area contributed by atoms with Crippen LogP contribution in [0.25, 0.3) is 0 Å². The predicted octanol–water partition coefficient (Wildman–Crippen LogP) is 16.7. The monoisotopic (exact) mass is 1560 g/mol. The van der Waals surface area contributed by atoms with E-state index < -0.39 is 124 Å². The molecule has 3 saturated heterocycles. The molecule has 638 valence electrons. The molecule has 12 N–H and O–H groups in total. The van der Waals surface area contributed by atoms with E-state index in [2.05, 4.69) is 104 Å². The minimum atomic E-state index is -1.98. The van der Waals surface area contributed by atoms with Gasteiger partial charge >= 0.3 is 0 Å². The number of hydrogen-bond acceptors (Lipinski definition) is 18. The van der Waals surface area contributed by atoms with Gasteiger partial charge in [0.1, 0.15) is 73.2 Å². The van der Waals surface area contributed by atoms with Crippen LogP contribution >= 0.6 is 0 Å². The summed E-state index contributed by atoms with van der Waals surface area (Å²) in [5.74, 6) is -0.282. The first-order valence-electron chi connectivity index (χ1n) is 44.5. The summed E-state index contributed by atoms with van der Waals surface area (Å²) in [7, 11) is 0. The normalized spacial score (nSPS) is 25.6. The largest absolute Gasteiger partial charge is 0.394 e. The van der Waals surface area contributed by atoms with Crippen molar-refractivity contribution in [2.45, 2.75) is 446 Å². The first-order valence-corrected chi connectivity index (χ1v) is 44.5. The summed E-state index contributed by atoms with van der Waals surface area (Å²) in [6.45, 7) is 1.65. The van der Waals surface area contributed by atoms with Gasteiger partial charge in [0.25, 0.3) is 0 Å². The third-order valence-corrected chi connectivity index (χ3v) is 21.6. The molecule has 0 radical (unpaired) electrons. The second-order valence-corrected chi connectivity index (χ2v) is 31.3. The minimum absolute atomic E-state index is 0.235. The summed E-state index contributed by atoms with van der Waals surface area (Å²) >= 11 is 0. The van der Waals surface area contributed by atoms with Gasteiger partial charge in [-0.1, -0.05) is 349 Å². The van der Waals surface area contributed by atoms with Crippen LogP contribution in [0.3, 0.4) is 0 Å². The Morgan fingerprint density at radius 1 is 0.336 bits per heavy atom. The molecule has 17 atom stereocenters. The molecule has 0 aromatic rings. The Morgan fingerprint density at radius 3 is 1.02 bits per heavy atom. The zero-order chi connectivity index (χ0) is 79.5. The molecule has 17 unspecified atom stereocenters. The smallest absolute Gasteiger partial charge is 0.220 e. The van der Waals surface area contributed by atoms with Crippen LogP contribution in [0.2, 0.25) is 0 Å². The molecule has 0 bridgehead atoms. The predicted molar refractivity (Wildman–Crippen MR) is 443 cm³/mol. The summed E-state index contributed by atoms with van der Waals surface area (Å²) in [6.07, 6.45) is 69.9. The number of allylic oxidation sites excluding steroid dienone is 15. The van der Waals surface area contributed by atoms with Crippen LogP contribution in [0.1, 0.15) is 341 Å². The number of carbonyl (C=O) groups is 1. The molecule has 110 heavy (non-hydrogen) atoms. The summed E-state index contributed by atoms with van der Waals surface area (Å²) in [5, 5.41) is 121. The van der Waals surface area contributed by atoms with E-state index >= 15 is 0 Å². The number of hydrogen-bond donors (Lipinski definition) is 12. The van der Waals surface area contributed by atoms with E-state index in [1.807, 2.05) is 6.08 Å². The van der Waals surface area contributed by atoms with E-state index in [0.29, 0.717) is 12.8 Å². The van der Waals surface area contributed by atoms with E-state index in [1.165, 1.54) is 231 Å².